The zero-order valence-corrected chi connectivity index (χ0v) is 28.7. The standard InChI is InChI=1S/C35H35FN10O4S/c1-3-26-32(43(2)34-42-30(28(15-37)51-34)20-4-7-23(36)8-5-20)46-18-21(6-9-29(46)41-26)22-16-38-33(39-17-22)44-12-10-24(11-13-44)40-31(48)27-14-25(47)19-45(27)35(49)50/h4-9,16-18,24-25,27,47H,3,10-14,19H2,1-2H3,(H,40,48)(H,49,50)/t25-,27+/m1/s1. The first-order valence-electron chi connectivity index (χ1n) is 16.6. The van der Waals surface area contributed by atoms with Crippen LogP contribution >= 0.6 is 11.3 Å². The van der Waals surface area contributed by atoms with Crippen molar-refractivity contribution in [2.45, 2.75) is 50.8 Å². The highest BCUT2D eigenvalue weighted by Crippen LogP contribution is 2.37. The number of fused-ring (bicyclic) bond motifs is 1. The molecule has 0 unspecified atom stereocenters. The third kappa shape index (κ3) is 6.65. The number of hydrogen-bond acceptors (Lipinski definition) is 11. The Morgan fingerprint density at radius 3 is 2.45 bits per heavy atom. The van der Waals surface area contributed by atoms with Gasteiger partial charge < -0.3 is 25.3 Å². The molecule has 2 amide bonds. The first-order valence-corrected chi connectivity index (χ1v) is 17.4. The lowest BCUT2D eigenvalue weighted by Crippen LogP contribution is -2.51. The SMILES string of the molecule is CCc1nc2ccc(-c3cnc(N4CCC(NC(=O)[C@@H]5C[C@@H](O)CN5C(=O)O)CC4)nc3)cn2c1N(C)c1nc(-c2ccc(F)cc2)c(C#N)s1. The fourth-order valence-electron chi connectivity index (χ4n) is 6.69. The van der Waals surface area contributed by atoms with Gasteiger partial charge in [-0.1, -0.05) is 18.3 Å². The molecule has 51 heavy (non-hydrogen) atoms. The molecular formula is C35H35FN10O4S. The first-order chi connectivity index (χ1) is 24.6. The van der Waals surface area contributed by atoms with Crippen LogP contribution in [-0.2, 0) is 11.2 Å². The Hall–Kier alpha value is -5.66. The monoisotopic (exact) mass is 710 g/mol. The average Bonchev–Trinajstić information content (AvgIpc) is 3.87. The summed E-state index contributed by atoms with van der Waals surface area (Å²) >= 11 is 1.26. The van der Waals surface area contributed by atoms with Crippen molar-refractivity contribution in [2.24, 2.45) is 0 Å². The van der Waals surface area contributed by atoms with E-state index in [0.29, 0.717) is 59.6 Å². The number of carbonyl (C=O) groups excluding carboxylic acids is 1. The van der Waals surface area contributed by atoms with Crippen molar-refractivity contribution in [3.05, 3.63) is 71.4 Å². The summed E-state index contributed by atoms with van der Waals surface area (Å²) < 4.78 is 15.6. The van der Waals surface area contributed by atoms with E-state index in [2.05, 4.69) is 26.3 Å². The topological polar surface area (TPSA) is 176 Å². The lowest BCUT2D eigenvalue weighted by molar-refractivity contribution is -0.125. The summed E-state index contributed by atoms with van der Waals surface area (Å²) in [6.07, 6.45) is 5.53. The lowest BCUT2D eigenvalue weighted by atomic mass is 10.0. The van der Waals surface area contributed by atoms with Crippen molar-refractivity contribution in [3.63, 3.8) is 0 Å². The van der Waals surface area contributed by atoms with Gasteiger partial charge in [-0.2, -0.15) is 5.26 Å². The fourth-order valence-corrected chi connectivity index (χ4v) is 7.54. The molecule has 2 aliphatic heterocycles. The number of amides is 2. The molecule has 0 spiro atoms. The lowest BCUT2D eigenvalue weighted by Gasteiger charge is -2.33. The van der Waals surface area contributed by atoms with Crippen molar-refractivity contribution < 1.29 is 24.2 Å². The highest BCUT2D eigenvalue weighted by atomic mass is 32.1. The van der Waals surface area contributed by atoms with Gasteiger partial charge in [0.2, 0.25) is 11.9 Å². The third-order valence-corrected chi connectivity index (χ3v) is 10.4. The van der Waals surface area contributed by atoms with E-state index >= 15 is 0 Å². The molecule has 1 aromatic carbocycles. The molecule has 14 nitrogen and oxygen atoms in total. The number of pyridine rings is 1. The van der Waals surface area contributed by atoms with E-state index in [4.69, 9.17) is 9.97 Å². The number of aliphatic hydroxyl groups is 1. The summed E-state index contributed by atoms with van der Waals surface area (Å²) in [5.41, 5.74) is 4.46. The Morgan fingerprint density at radius 2 is 1.78 bits per heavy atom. The van der Waals surface area contributed by atoms with Gasteiger partial charge in [0.05, 0.1) is 18.3 Å². The maximum absolute atomic E-state index is 13.6. The second-order valence-corrected chi connectivity index (χ2v) is 13.6. The Morgan fingerprint density at radius 1 is 1.08 bits per heavy atom. The Balaban J connectivity index is 1.06. The summed E-state index contributed by atoms with van der Waals surface area (Å²) in [5.74, 6) is 0.648. The number of aromatic nitrogens is 5. The number of benzene rings is 1. The summed E-state index contributed by atoms with van der Waals surface area (Å²) in [5, 5.41) is 32.7. The molecule has 7 rings (SSSR count). The van der Waals surface area contributed by atoms with Gasteiger partial charge >= 0.3 is 6.09 Å². The molecule has 0 bridgehead atoms. The third-order valence-electron chi connectivity index (χ3n) is 9.36. The number of aryl methyl sites for hydroxylation is 1. The van der Waals surface area contributed by atoms with E-state index in [1.165, 1.54) is 23.5 Å². The number of hydrogen-bond donors (Lipinski definition) is 3. The van der Waals surface area contributed by atoms with Gasteiger partial charge in [-0.3, -0.25) is 14.1 Å². The van der Waals surface area contributed by atoms with E-state index in [0.717, 1.165) is 33.2 Å². The number of piperidine rings is 1. The van der Waals surface area contributed by atoms with Gasteiger partial charge in [0.15, 0.2) is 5.13 Å². The van der Waals surface area contributed by atoms with Crippen LogP contribution in [0.3, 0.4) is 0 Å². The molecule has 0 radical (unpaired) electrons. The van der Waals surface area contributed by atoms with Crippen molar-refractivity contribution >= 4 is 45.9 Å². The van der Waals surface area contributed by atoms with Gasteiger partial charge in [-0.25, -0.2) is 29.1 Å². The summed E-state index contributed by atoms with van der Waals surface area (Å²) in [6, 6.07) is 11.1. The largest absolute Gasteiger partial charge is 0.465 e. The molecule has 2 aliphatic rings. The Bertz CT molecular complexity index is 2120. The van der Waals surface area contributed by atoms with Crippen LogP contribution in [0.5, 0.6) is 0 Å². The molecule has 0 saturated carbocycles. The molecule has 16 heteroatoms. The minimum absolute atomic E-state index is 0.0646. The van der Waals surface area contributed by atoms with Crippen LogP contribution in [0.2, 0.25) is 0 Å². The van der Waals surface area contributed by atoms with Crippen molar-refractivity contribution in [2.75, 3.05) is 36.5 Å². The average molecular weight is 711 g/mol. The van der Waals surface area contributed by atoms with Gasteiger partial charge in [0.25, 0.3) is 0 Å². The van der Waals surface area contributed by atoms with Crippen LogP contribution in [0, 0.1) is 17.1 Å². The number of halogens is 1. The van der Waals surface area contributed by atoms with E-state index in [1.807, 2.05) is 41.6 Å². The Labute approximate surface area is 296 Å². The van der Waals surface area contributed by atoms with E-state index in [9.17, 15) is 29.5 Å². The van der Waals surface area contributed by atoms with Gasteiger partial charge in [0, 0.05) is 67.9 Å². The maximum atomic E-state index is 13.6. The summed E-state index contributed by atoms with van der Waals surface area (Å²) in [6.45, 7) is 3.20. The smallest absolute Gasteiger partial charge is 0.408 e. The van der Waals surface area contributed by atoms with Crippen LogP contribution in [-0.4, -0.2) is 96.3 Å². The molecule has 2 fully saturated rings. The molecular weight excluding hydrogens is 676 g/mol. The van der Waals surface area contributed by atoms with Gasteiger partial charge in [-0.15, -0.1) is 0 Å². The van der Waals surface area contributed by atoms with Crippen molar-refractivity contribution in [1.29, 1.82) is 5.26 Å². The van der Waals surface area contributed by atoms with Crippen LogP contribution in [0.1, 0.15) is 36.8 Å². The first kappa shape index (κ1) is 33.8. The quantitative estimate of drug-likeness (QED) is 0.207. The van der Waals surface area contributed by atoms with Crippen molar-refractivity contribution in [1.82, 2.24) is 34.6 Å². The van der Waals surface area contributed by atoms with Crippen LogP contribution < -0.4 is 15.1 Å². The zero-order chi connectivity index (χ0) is 35.8. The second kappa shape index (κ2) is 13.9. The number of imidazole rings is 1. The number of carboxylic acid groups (broad SMARTS) is 1. The van der Waals surface area contributed by atoms with E-state index in [1.54, 1.807) is 24.5 Å². The number of carbonyl (C=O) groups is 2. The van der Waals surface area contributed by atoms with Gasteiger partial charge in [0.1, 0.15) is 40.0 Å². The molecule has 0 aliphatic carbocycles. The predicted octanol–water partition coefficient (Wildman–Crippen LogP) is 4.45. The van der Waals surface area contributed by atoms with Crippen LogP contribution in [0.25, 0.3) is 28.0 Å². The number of likely N-dealkylation sites (tertiary alicyclic amines) is 1. The normalized spacial score (nSPS) is 17.9. The van der Waals surface area contributed by atoms with E-state index in [-0.39, 0.29) is 30.7 Å². The van der Waals surface area contributed by atoms with Crippen LogP contribution in [0.15, 0.2) is 55.0 Å². The molecule has 2 atom stereocenters. The van der Waals surface area contributed by atoms with Crippen LogP contribution in [0.4, 0.5) is 26.1 Å². The molecule has 262 valence electrons. The minimum Gasteiger partial charge on any atom is -0.465 e. The molecule has 5 aromatic rings. The van der Waals surface area contributed by atoms with Crippen molar-refractivity contribution in [3.8, 4) is 28.5 Å². The number of thiazole rings is 1. The highest BCUT2D eigenvalue weighted by Gasteiger charge is 2.40. The minimum atomic E-state index is -1.21. The molecule has 3 N–H and O–H groups in total. The molecule has 4 aromatic heterocycles. The number of anilines is 3. The molecule has 6 heterocycles. The van der Waals surface area contributed by atoms with Gasteiger partial charge in [-0.05, 0) is 55.7 Å². The highest BCUT2D eigenvalue weighted by molar-refractivity contribution is 7.16. The fraction of sp³-hybridized carbons (Fsp3) is 0.343. The molecule has 2 saturated heterocycles. The number of nitriles is 1. The number of β-amino-alcohol motifs (C(OH)–C–C–N with tert-alkyl or cyclic N) is 1. The van der Waals surface area contributed by atoms with E-state index < -0.39 is 18.2 Å². The second-order valence-electron chi connectivity index (χ2n) is 12.6. The maximum Gasteiger partial charge on any atom is 0.408 e. The number of nitrogens with zero attached hydrogens (tertiary/aromatic N) is 9. The summed E-state index contributed by atoms with van der Waals surface area (Å²) in [7, 11) is 1.89. The zero-order valence-electron chi connectivity index (χ0n) is 27.9. The predicted molar refractivity (Wildman–Crippen MR) is 188 cm³/mol. The number of rotatable bonds is 8. The number of aliphatic hydroxyl groups excluding tert-OH is 1. The Kier molecular flexibility index (Phi) is 9.23. The number of nitrogens with one attached hydrogen (secondary N) is 1. The summed E-state index contributed by atoms with van der Waals surface area (Å²) in [4.78, 5) is 48.7.